The fourth-order valence-corrected chi connectivity index (χ4v) is 3.61. The molecule has 0 radical (unpaired) electrons. The summed E-state index contributed by atoms with van der Waals surface area (Å²) in [6, 6.07) is 7.13. The molecule has 1 fully saturated rings. The van der Waals surface area contributed by atoms with Gasteiger partial charge < -0.3 is 10.4 Å². The molecule has 22 heavy (non-hydrogen) atoms. The highest BCUT2D eigenvalue weighted by molar-refractivity contribution is 5.70. The van der Waals surface area contributed by atoms with E-state index in [1.165, 1.54) is 16.7 Å². The van der Waals surface area contributed by atoms with Gasteiger partial charge in [0.1, 0.15) is 0 Å². The highest BCUT2D eigenvalue weighted by Gasteiger charge is 2.28. The van der Waals surface area contributed by atoms with Crippen molar-refractivity contribution in [2.75, 3.05) is 6.54 Å². The molecule has 0 atom stereocenters. The van der Waals surface area contributed by atoms with Crippen molar-refractivity contribution >= 4 is 5.97 Å². The molecule has 1 aromatic rings. The molecular weight excluding hydrogens is 274 g/mol. The summed E-state index contributed by atoms with van der Waals surface area (Å²) in [5, 5.41) is 12.7. The van der Waals surface area contributed by atoms with Crippen LogP contribution in [0.3, 0.4) is 0 Å². The molecule has 122 valence electrons. The zero-order valence-corrected chi connectivity index (χ0v) is 14.3. The van der Waals surface area contributed by atoms with Crippen LogP contribution in [-0.2, 0) is 10.2 Å². The highest BCUT2D eigenvalue weighted by Crippen LogP contribution is 2.28. The number of aryl methyl sites for hydroxylation is 2. The van der Waals surface area contributed by atoms with E-state index in [4.69, 9.17) is 5.11 Å². The predicted molar refractivity (Wildman–Crippen MR) is 90.3 cm³/mol. The van der Waals surface area contributed by atoms with Gasteiger partial charge in [-0.2, -0.15) is 0 Å². The quantitative estimate of drug-likeness (QED) is 0.869. The fraction of sp³-hybridized carbons (Fsp3) is 0.632. The number of aliphatic carboxylic acids is 1. The van der Waals surface area contributed by atoms with E-state index in [2.05, 4.69) is 51.2 Å². The van der Waals surface area contributed by atoms with Gasteiger partial charge in [0, 0.05) is 18.0 Å². The Kier molecular flexibility index (Phi) is 5.28. The zero-order chi connectivity index (χ0) is 16.3. The van der Waals surface area contributed by atoms with Crippen molar-refractivity contribution in [3.63, 3.8) is 0 Å². The van der Waals surface area contributed by atoms with Crippen molar-refractivity contribution in [1.82, 2.24) is 5.32 Å². The van der Waals surface area contributed by atoms with Crippen molar-refractivity contribution in [2.45, 2.75) is 64.8 Å². The number of carbonyl (C=O) groups is 1. The third-order valence-electron chi connectivity index (χ3n) is 5.02. The SMILES string of the molecule is Cc1ccc(C(C)(C)CNC2CCC(C(=O)O)CC2)c(C)c1. The predicted octanol–water partition coefficient (Wildman–Crippen LogP) is 3.81. The second-order valence-corrected chi connectivity index (χ2v) is 7.47. The summed E-state index contributed by atoms with van der Waals surface area (Å²) in [7, 11) is 0. The van der Waals surface area contributed by atoms with E-state index >= 15 is 0 Å². The van der Waals surface area contributed by atoms with Gasteiger partial charge in [0.15, 0.2) is 0 Å². The first kappa shape index (κ1) is 17.0. The lowest BCUT2D eigenvalue weighted by Gasteiger charge is -2.33. The van der Waals surface area contributed by atoms with Crippen LogP contribution in [0.2, 0.25) is 0 Å². The van der Waals surface area contributed by atoms with Gasteiger partial charge in [-0.3, -0.25) is 4.79 Å². The molecule has 0 saturated heterocycles. The molecule has 1 saturated carbocycles. The number of rotatable bonds is 5. The lowest BCUT2D eigenvalue weighted by atomic mass is 9.80. The molecule has 0 bridgehead atoms. The summed E-state index contributed by atoms with van der Waals surface area (Å²) in [6.45, 7) is 9.80. The van der Waals surface area contributed by atoms with Crippen molar-refractivity contribution < 1.29 is 9.90 Å². The maximum Gasteiger partial charge on any atom is 0.306 e. The van der Waals surface area contributed by atoms with Gasteiger partial charge in [-0.15, -0.1) is 0 Å². The van der Waals surface area contributed by atoms with E-state index in [0.717, 1.165) is 32.2 Å². The number of carboxylic acid groups (broad SMARTS) is 1. The zero-order valence-electron chi connectivity index (χ0n) is 14.3. The van der Waals surface area contributed by atoms with E-state index in [0.29, 0.717) is 6.04 Å². The molecule has 3 heteroatoms. The number of hydrogen-bond donors (Lipinski definition) is 2. The van der Waals surface area contributed by atoms with Crippen LogP contribution in [0.1, 0.15) is 56.2 Å². The van der Waals surface area contributed by atoms with Crippen molar-refractivity contribution in [3.8, 4) is 0 Å². The van der Waals surface area contributed by atoms with Crippen LogP contribution in [0, 0.1) is 19.8 Å². The van der Waals surface area contributed by atoms with Gasteiger partial charge >= 0.3 is 5.97 Å². The average Bonchev–Trinajstić information content (AvgIpc) is 2.45. The fourth-order valence-electron chi connectivity index (χ4n) is 3.61. The van der Waals surface area contributed by atoms with Crippen molar-refractivity contribution in [3.05, 3.63) is 34.9 Å². The van der Waals surface area contributed by atoms with Gasteiger partial charge in [-0.25, -0.2) is 0 Å². The lowest BCUT2D eigenvalue weighted by molar-refractivity contribution is -0.142. The molecule has 0 heterocycles. The molecular formula is C19H29NO2. The van der Waals surface area contributed by atoms with Gasteiger partial charge in [-0.05, 0) is 50.7 Å². The van der Waals surface area contributed by atoms with Crippen LogP contribution in [0.25, 0.3) is 0 Å². The average molecular weight is 303 g/mol. The minimum absolute atomic E-state index is 0.0848. The van der Waals surface area contributed by atoms with Crippen molar-refractivity contribution in [2.24, 2.45) is 5.92 Å². The molecule has 0 amide bonds. The first-order valence-electron chi connectivity index (χ1n) is 8.33. The Morgan fingerprint density at radius 1 is 1.23 bits per heavy atom. The largest absolute Gasteiger partial charge is 0.481 e. The Morgan fingerprint density at radius 3 is 2.41 bits per heavy atom. The normalized spacial score (nSPS) is 22.5. The molecule has 2 rings (SSSR count). The molecule has 3 nitrogen and oxygen atoms in total. The minimum Gasteiger partial charge on any atom is -0.481 e. The van der Waals surface area contributed by atoms with E-state index in [1.807, 2.05) is 0 Å². The Hall–Kier alpha value is -1.35. The van der Waals surface area contributed by atoms with Crippen LogP contribution in [0.15, 0.2) is 18.2 Å². The third-order valence-corrected chi connectivity index (χ3v) is 5.02. The Morgan fingerprint density at radius 2 is 1.86 bits per heavy atom. The smallest absolute Gasteiger partial charge is 0.306 e. The van der Waals surface area contributed by atoms with E-state index < -0.39 is 5.97 Å². The second kappa shape index (κ2) is 6.82. The molecule has 2 N–H and O–H groups in total. The first-order valence-corrected chi connectivity index (χ1v) is 8.33. The molecule has 0 aromatic heterocycles. The lowest BCUT2D eigenvalue weighted by Crippen LogP contribution is -2.41. The summed E-state index contributed by atoms with van der Waals surface area (Å²) >= 11 is 0. The summed E-state index contributed by atoms with van der Waals surface area (Å²) in [5.41, 5.74) is 4.13. The van der Waals surface area contributed by atoms with E-state index in [1.54, 1.807) is 0 Å². The van der Waals surface area contributed by atoms with E-state index in [9.17, 15) is 4.79 Å². The van der Waals surface area contributed by atoms with Gasteiger partial charge in [0.2, 0.25) is 0 Å². The molecule has 0 unspecified atom stereocenters. The Labute approximate surface area is 134 Å². The van der Waals surface area contributed by atoms with Gasteiger partial charge in [0.25, 0.3) is 0 Å². The summed E-state index contributed by atoms with van der Waals surface area (Å²) in [4.78, 5) is 11.0. The van der Waals surface area contributed by atoms with Crippen LogP contribution >= 0.6 is 0 Å². The molecule has 0 spiro atoms. The summed E-state index contributed by atoms with van der Waals surface area (Å²) in [6.07, 6.45) is 3.55. The van der Waals surface area contributed by atoms with Crippen LogP contribution in [0.4, 0.5) is 0 Å². The Bertz CT molecular complexity index is 528. The molecule has 1 aromatic carbocycles. The second-order valence-electron chi connectivity index (χ2n) is 7.47. The summed E-state index contributed by atoms with van der Waals surface area (Å²) in [5.74, 6) is -0.764. The topological polar surface area (TPSA) is 49.3 Å². The molecule has 0 aliphatic heterocycles. The molecule has 1 aliphatic rings. The number of hydrogen-bond acceptors (Lipinski definition) is 2. The third kappa shape index (κ3) is 4.10. The van der Waals surface area contributed by atoms with Crippen LogP contribution in [-0.4, -0.2) is 23.7 Å². The number of carboxylic acids is 1. The Balaban J connectivity index is 1.92. The van der Waals surface area contributed by atoms with Gasteiger partial charge in [0.05, 0.1) is 5.92 Å². The van der Waals surface area contributed by atoms with E-state index in [-0.39, 0.29) is 11.3 Å². The monoisotopic (exact) mass is 303 g/mol. The van der Waals surface area contributed by atoms with Crippen molar-refractivity contribution in [1.29, 1.82) is 0 Å². The maximum absolute atomic E-state index is 11.0. The van der Waals surface area contributed by atoms with Crippen LogP contribution < -0.4 is 5.32 Å². The standard InChI is InChI=1S/C19H29NO2/c1-13-5-10-17(14(2)11-13)19(3,4)12-20-16-8-6-15(7-9-16)18(21)22/h5,10-11,15-16,20H,6-9,12H2,1-4H3,(H,21,22). The van der Waals surface area contributed by atoms with Gasteiger partial charge in [-0.1, -0.05) is 37.6 Å². The minimum atomic E-state index is -0.630. The number of benzene rings is 1. The number of nitrogens with one attached hydrogen (secondary N) is 1. The highest BCUT2D eigenvalue weighted by atomic mass is 16.4. The molecule has 1 aliphatic carbocycles. The first-order chi connectivity index (χ1) is 10.3. The van der Waals surface area contributed by atoms with Crippen LogP contribution in [0.5, 0.6) is 0 Å². The summed E-state index contributed by atoms with van der Waals surface area (Å²) < 4.78 is 0. The maximum atomic E-state index is 11.0.